The van der Waals surface area contributed by atoms with Crippen molar-refractivity contribution in [3.05, 3.63) is 34.7 Å². The first-order chi connectivity index (χ1) is 11.1. The standard InChI is InChI=1S/C18H25N3O2/c1-3-11-20-15-6-4-5-7-16(15)21(18(20)23)12-10-17(22)19-13(2)14-8-9-14/h4-7,13-14H,3,8-12H2,1-2H3,(H,19,22)/t13-/m1/s1. The van der Waals surface area contributed by atoms with Gasteiger partial charge in [0, 0.05) is 25.6 Å². The molecule has 0 unspecified atom stereocenters. The maximum atomic E-state index is 12.6. The Kier molecular flexibility index (Phi) is 4.55. The van der Waals surface area contributed by atoms with Crippen LogP contribution in [0.5, 0.6) is 0 Å². The van der Waals surface area contributed by atoms with E-state index in [0.29, 0.717) is 25.4 Å². The average molecular weight is 315 g/mol. The quantitative estimate of drug-likeness (QED) is 0.853. The Morgan fingerprint density at radius 3 is 2.39 bits per heavy atom. The summed E-state index contributed by atoms with van der Waals surface area (Å²) in [4.78, 5) is 24.7. The summed E-state index contributed by atoms with van der Waals surface area (Å²) in [6, 6.07) is 8.05. The van der Waals surface area contributed by atoms with Gasteiger partial charge in [0.2, 0.25) is 5.91 Å². The highest BCUT2D eigenvalue weighted by Crippen LogP contribution is 2.32. The topological polar surface area (TPSA) is 56.0 Å². The van der Waals surface area contributed by atoms with Gasteiger partial charge >= 0.3 is 5.69 Å². The van der Waals surface area contributed by atoms with E-state index in [0.717, 1.165) is 17.5 Å². The summed E-state index contributed by atoms with van der Waals surface area (Å²) in [6.45, 7) is 5.26. The number of imidazole rings is 1. The molecule has 1 saturated carbocycles. The third kappa shape index (κ3) is 3.33. The molecule has 5 nitrogen and oxygen atoms in total. The summed E-state index contributed by atoms with van der Waals surface area (Å²) in [5.41, 5.74) is 1.84. The number of para-hydroxylation sites is 2. The lowest BCUT2D eigenvalue weighted by molar-refractivity contribution is -0.122. The second-order valence-electron chi connectivity index (χ2n) is 6.52. The third-order valence-corrected chi connectivity index (χ3v) is 4.65. The number of amides is 1. The first-order valence-electron chi connectivity index (χ1n) is 8.59. The highest BCUT2D eigenvalue weighted by atomic mass is 16.2. The fourth-order valence-corrected chi connectivity index (χ4v) is 3.18. The summed E-state index contributed by atoms with van der Waals surface area (Å²) >= 11 is 0. The van der Waals surface area contributed by atoms with Gasteiger partial charge in [0.05, 0.1) is 11.0 Å². The Balaban J connectivity index is 1.75. The van der Waals surface area contributed by atoms with Crippen LogP contribution in [0.25, 0.3) is 11.0 Å². The molecule has 1 fully saturated rings. The van der Waals surface area contributed by atoms with Crippen LogP contribution in [-0.4, -0.2) is 21.1 Å². The lowest BCUT2D eigenvalue weighted by Crippen LogP contribution is -2.35. The van der Waals surface area contributed by atoms with Crippen LogP contribution >= 0.6 is 0 Å². The zero-order valence-corrected chi connectivity index (χ0v) is 13.9. The predicted octanol–water partition coefficient (Wildman–Crippen LogP) is 2.52. The summed E-state index contributed by atoms with van der Waals surface area (Å²) in [5.74, 6) is 0.678. The van der Waals surface area contributed by atoms with E-state index in [1.807, 2.05) is 24.3 Å². The molecule has 1 amide bonds. The zero-order valence-electron chi connectivity index (χ0n) is 13.9. The predicted molar refractivity (Wildman–Crippen MR) is 91.4 cm³/mol. The minimum absolute atomic E-state index is 0.0175. The number of rotatable bonds is 7. The van der Waals surface area contributed by atoms with E-state index in [1.165, 1.54) is 12.8 Å². The fourth-order valence-electron chi connectivity index (χ4n) is 3.18. The van der Waals surface area contributed by atoms with Crippen molar-refractivity contribution in [3.8, 4) is 0 Å². The lowest BCUT2D eigenvalue weighted by Gasteiger charge is -2.12. The van der Waals surface area contributed by atoms with Crippen LogP contribution in [0, 0.1) is 5.92 Å². The van der Waals surface area contributed by atoms with Crippen molar-refractivity contribution >= 4 is 16.9 Å². The second kappa shape index (κ2) is 6.60. The third-order valence-electron chi connectivity index (χ3n) is 4.65. The smallest absolute Gasteiger partial charge is 0.329 e. The number of carbonyl (C=O) groups excluding carboxylic acids is 1. The van der Waals surface area contributed by atoms with Crippen molar-refractivity contribution in [2.75, 3.05) is 0 Å². The maximum absolute atomic E-state index is 12.6. The Labute approximate surface area is 136 Å². The van der Waals surface area contributed by atoms with Crippen LogP contribution in [0.1, 0.15) is 39.5 Å². The Morgan fingerprint density at radius 2 is 1.83 bits per heavy atom. The Hall–Kier alpha value is -2.04. The highest BCUT2D eigenvalue weighted by Gasteiger charge is 2.28. The summed E-state index contributed by atoms with van der Waals surface area (Å²) < 4.78 is 3.53. The molecule has 1 aromatic carbocycles. The molecule has 0 radical (unpaired) electrons. The number of aryl methyl sites for hydroxylation is 2. The molecule has 1 atom stereocenters. The monoisotopic (exact) mass is 315 g/mol. The molecule has 1 aromatic heterocycles. The van der Waals surface area contributed by atoms with Gasteiger partial charge in [-0.15, -0.1) is 0 Å². The van der Waals surface area contributed by atoms with Crippen LogP contribution < -0.4 is 11.0 Å². The van der Waals surface area contributed by atoms with Gasteiger partial charge in [-0.1, -0.05) is 19.1 Å². The normalized spacial score (nSPS) is 15.7. The van der Waals surface area contributed by atoms with E-state index < -0.39 is 0 Å². The summed E-state index contributed by atoms with van der Waals surface area (Å²) in [5, 5.41) is 3.05. The van der Waals surface area contributed by atoms with Gasteiger partial charge < -0.3 is 5.32 Å². The number of nitrogens with one attached hydrogen (secondary N) is 1. The van der Waals surface area contributed by atoms with Crippen molar-refractivity contribution in [2.24, 2.45) is 5.92 Å². The molecule has 2 aromatic rings. The highest BCUT2D eigenvalue weighted by molar-refractivity contribution is 5.78. The first kappa shape index (κ1) is 15.8. The van der Waals surface area contributed by atoms with Gasteiger partial charge in [0.25, 0.3) is 0 Å². The number of aromatic nitrogens is 2. The molecule has 5 heteroatoms. The van der Waals surface area contributed by atoms with E-state index in [9.17, 15) is 9.59 Å². The van der Waals surface area contributed by atoms with E-state index >= 15 is 0 Å². The summed E-state index contributed by atoms with van der Waals surface area (Å²) in [7, 11) is 0. The molecule has 1 N–H and O–H groups in total. The van der Waals surface area contributed by atoms with Gasteiger partial charge in [0.1, 0.15) is 0 Å². The molecule has 0 bridgehead atoms. The van der Waals surface area contributed by atoms with Crippen molar-refractivity contribution in [2.45, 2.75) is 58.7 Å². The van der Waals surface area contributed by atoms with E-state index in [1.54, 1.807) is 9.13 Å². The van der Waals surface area contributed by atoms with Gasteiger partial charge in [-0.05, 0) is 44.2 Å². The number of fused-ring (bicyclic) bond motifs is 1. The van der Waals surface area contributed by atoms with E-state index in [2.05, 4.69) is 19.2 Å². The van der Waals surface area contributed by atoms with Crippen molar-refractivity contribution in [1.82, 2.24) is 14.5 Å². The molecule has 0 saturated heterocycles. The number of benzene rings is 1. The second-order valence-corrected chi connectivity index (χ2v) is 6.52. The number of nitrogens with zero attached hydrogens (tertiary/aromatic N) is 2. The van der Waals surface area contributed by atoms with Crippen LogP contribution in [0.2, 0.25) is 0 Å². The molecule has 3 rings (SSSR count). The molecular weight excluding hydrogens is 290 g/mol. The minimum Gasteiger partial charge on any atom is -0.353 e. The number of hydrogen-bond donors (Lipinski definition) is 1. The van der Waals surface area contributed by atoms with Crippen LogP contribution in [0.3, 0.4) is 0 Å². The van der Waals surface area contributed by atoms with Gasteiger partial charge in [-0.3, -0.25) is 13.9 Å². The Morgan fingerprint density at radius 1 is 1.22 bits per heavy atom. The van der Waals surface area contributed by atoms with E-state index in [-0.39, 0.29) is 17.6 Å². The van der Waals surface area contributed by atoms with Crippen LogP contribution in [0.15, 0.2) is 29.1 Å². The van der Waals surface area contributed by atoms with Crippen molar-refractivity contribution < 1.29 is 4.79 Å². The molecule has 124 valence electrons. The molecule has 1 aliphatic carbocycles. The van der Waals surface area contributed by atoms with Gasteiger partial charge in [-0.2, -0.15) is 0 Å². The number of hydrogen-bond acceptors (Lipinski definition) is 2. The van der Waals surface area contributed by atoms with Gasteiger partial charge in [-0.25, -0.2) is 4.79 Å². The minimum atomic E-state index is -0.0175. The molecule has 1 heterocycles. The SMILES string of the molecule is CCCn1c(=O)n(CCC(=O)N[C@H](C)C2CC2)c2ccccc21. The molecule has 0 spiro atoms. The van der Waals surface area contributed by atoms with Crippen LogP contribution in [-0.2, 0) is 17.9 Å². The lowest BCUT2D eigenvalue weighted by atomic mass is 10.2. The fraction of sp³-hybridized carbons (Fsp3) is 0.556. The average Bonchev–Trinajstić information content (AvgIpc) is 3.34. The number of carbonyl (C=O) groups is 1. The molecular formula is C18H25N3O2. The largest absolute Gasteiger partial charge is 0.353 e. The molecule has 0 aliphatic heterocycles. The van der Waals surface area contributed by atoms with Gasteiger partial charge in [0.15, 0.2) is 0 Å². The van der Waals surface area contributed by atoms with Crippen molar-refractivity contribution in [3.63, 3.8) is 0 Å². The maximum Gasteiger partial charge on any atom is 0.329 e. The Bertz CT molecular complexity index is 755. The zero-order chi connectivity index (χ0) is 16.4. The molecule has 1 aliphatic rings. The molecule has 23 heavy (non-hydrogen) atoms. The van der Waals surface area contributed by atoms with Crippen molar-refractivity contribution in [1.29, 1.82) is 0 Å². The summed E-state index contributed by atoms with van der Waals surface area (Å²) in [6.07, 6.45) is 3.68. The van der Waals surface area contributed by atoms with E-state index in [4.69, 9.17) is 0 Å². The van der Waals surface area contributed by atoms with Crippen LogP contribution in [0.4, 0.5) is 0 Å². The first-order valence-corrected chi connectivity index (χ1v) is 8.59.